The van der Waals surface area contributed by atoms with Crippen LogP contribution in [0.1, 0.15) is 16.7 Å². The van der Waals surface area contributed by atoms with Crippen molar-refractivity contribution in [3.05, 3.63) is 65.0 Å². The highest BCUT2D eigenvalue weighted by atomic mass is 32.2. The third kappa shape index (κ3) is 4.61. The van der Waals surface area contributed by atoms with Crippen molar-refractivity contribution in [3.8, 4) is 0 Å². The Labute approximate surface area is 134 Å². The summed E-state index contributed by atoms with van der Waals surface area (Å²) in [6.07, 6.45) is -0.0598. The van der Waals surface area contributed by atoms with Gasteiger partial charge in [-0.2, -0.15) is 0 Å². The molecule has 0 unspecified atom stereocenters. The van der Waals surface area contributed by atoms with Gasteiger partial charge in [0.15, 0.2) is 0 Å². The van der Waals surface area contributed by atoms with Crippen LogP contribution in [-0.2, 0) is 21.2 Å². The second-order valence-electron chi connectivity index (χ2n) is 5.23. The van der Waals surface area contributed by atoms with Gasteiger partial charge < -0.3 is 0 Å². The number of benzene rings is 2. The van der Waals surface area contributed by atoms with Gasteiger partial charge in [-0.3, -0.25) is 10.2 Å². The maximum Gasteiger partial charge on any atom is 0.257 e. The van der Waals surface area contributed by atoms with Gasteiger partial charge in [0.05, 0.1) is 11.3 Å². The minimum atomic E-state index is -3.84. The molecule has 1 amide bonds. The lowest BCUT2D eigenvalue weighted by Gasteiger charge is -2.11. The Balaban J connectivity index is 2.01. The fourth-order valence-electron chi connectivity index (χ4n) is 2.11. The third-order valence-corrected chi connectivity index (χ3v) is 4.63. The average molecular weight is 336 g/mol. The molecule has 0 saturated carbocycles. The van der Waals surface area contributed by atoms with Crippen LogP contribution in [0.3, 0.4) is 0 Å². The van der Waals surface area contributed by atoms with Gasteiger partial charge in [0.25, 0.3) is 10.0 Å². The Morgan fingerprint density at radius 1 is 1.09 bits per heavy atom. The molecule has 0 aromatic heterocycles. The van der Waals surface area contributed by atoms with Crippen LogP contribution in [0.4, 0.5) is 4.39 Å². The molecule has 2 N–H and O–H groups in total. The molecule has 2 aromatic rings. The number of rotatable bonds is 5. The van der Waals surface area contributed by atoms with Gasteiger partial charge in [-0.25, -0.2) is 12.8 Å². The molecule has 0 heterocycles. The first-order chi connectivity index (χ1) is 10.8. The van der Waals surface area contributed by atoms with Crippen molar-refractivity contribution in [2.24, 2.45) is 0 Å². The maximum absolute atomic E-state index is 12.8. The molecule has 0 saturated heterocycles. The summed E-state index contributed by atoms with van der Waals surface area (Å²) in [5.74, 6) is -0.936. The first kappa shape index (κ1) is 17.1. The summed E-state index contributed by atoms with van der Waals surface area (Å²) in [5, 5.41) is 0. The number of hydrogen-bond acceptors (Lipinski definition) is 3. The molecule has 0 bridgehead atoms. The fourth-order valence-corrected chi connectivity index (χ4v) is 3.20. The fraction of sp³-hybridized carbons (Fsp3) is 0.188. The second-order valence-corrected chi connectivity index (χ2v) is 6.88. The second kappa shape index (κ2) is 6.89. The lowest BCUT2D eigenvalue weighted by atomic mass is 10.1. The van der Waals surface area contributed by atoms with Crippen LogP contribution in [0.15, 0.2) is 47.4 Å². The molecule has 122 valence electrons. The van der Waals surface area contributed by atoms with E-state index in [4.69, 9.17) is 0 Å². The highest BCUT2D eigenvalue weighted by molar-refractivity contribution is 7.89. The number of carbonyl (C=O) groups is 1. The van der Waals surface area contributed by atoms with Crippen molar-refractivity contribution in [3.63, 3.8) is 0 Å². The Hall–Kier alpha value is -2.25. The van der Waals surface area contributed by atoms with Crippen molar-refractivity contribution >= 4 is 15.9 Å². The molecule has 0 aliphatic carbocycles. The zero-order valence-electron chi connectivity index (χ0n) is 12.8. The predicted octanol–water partition coefficient (Wildman–Crippen LogP) is 1.99. The van der Waals surface area contributed by atoms with Crippen LogP contribution in [0.2, 0.25) is 0 Å². The largest absolute Gasteiger partial charge is 0.277 e. The predicted molar refractivity (Wildman–Crippen MR) is 84.5 cm³/mol. The quantitative estimate of drug-likeness (QED) is 0.820. The Kier molecular flexibility index (Phi) is 5.12. The van der Waals surface area contributed by atoms with E-state index in [0.29, 0.717) is 11.1 Å². The lowest BCUT2D eigenvalue weighted by molar-refractivity contribution is -0.120. The third-order valence-electron chi connectivity index (χ3n) is 3.22. The Morgan fingerprint density at radius 3 is 2.35 bits per heavy atom. The highest BCUT2D eigenvalue weighted by Crippen LogP contribution is 2.15. The van der Waals surface area contributed by atoms with Gasteiger partial charge in [0.2, 0.25) is 5.91 Å². The number of nitrogens with one attached hydrogen (secondary N) is 2. The zero-order chi connectivity index (χ0) is 17.0. The van der Waals surface area contributed by atoms with E-state index in [1.165, 1.54) is 30.3 Å². The number of hydrogen-bond donors (Lipinski definition) is 2. The van der Waals surface area contributed by atoms with Crippen LogP contribution < -0.4 is 10.3 Å². The first-order valence-corrected chi connectivity index (χ1v) is 8.38. The van der Waals surface area contributed by atoms with Crippen molar-refractivity contribution < 1.29 is 17.6 Å². The van der Waals surface area contributed by atoms with Gasteiger partial charge in [-0.15, -0.1) is 4.83 Å². The van der Waals surface area contributed by atoms with Crippen molar-refractivity contribution in [1.29, 1.82) is 0 Å². The van der Waals surface area contributed by atoms with Crippen LogP contribution >= 0.6 is 0 Å². The number of sulfonamides is 1. The summed E-state index contributed by atoms with van der Waals surface area (Å²) >= 11 is 0. The normalized spacial score (nSPS) is 11.3. The van der Waals surface area contributed by atoms with E-state index in [1.807, 2.05) is 6.92 Å². The number of aryl methyl sites for hydroxylation is 2. The molecule has 7 heteroatoms. The first-order valence-electron chi connectivity index (χ1n) is 6.90. The minimum Gasteiger partial charge on any atom is -0.277 e. The van der Waals surface area contributed by atoms with Crippen molar-refractivity contribution in [2.75, 3.05) is 0 Å². The van der Waals surface area contributed by atoms with Crippen LogP contribution in [0.5, 0.6) is 0 Å². The van der Waals surface area contributed by atoms with E-state index < -0.39 is 21.7 Å². The van der Waals surface area contributed by atoms with Gasteiger partial charge in [0, 0.05) is 0 Å². The number of hydrazine groups is 1. The zero-order valence-corrected chi connectivity index (χ0v) is 13.6. The molecule has 23 heavy (non-hydrogen) atoms. The molecule has 2 aromatic carbocycles. The van der Waals surface area contributed by atoms with Gasteiger partial charge >= 0.3 is 0 Å². The maximum atomic E-state index is 12.8. The SMILES string of the molecule is Cc1ccc(S(=O)(=O)NNC(=O)Cc2ccc(F)cc2)c(C)c1. The van der Waals surface area contributed by atoms with Gasteiger partial charge in [-0.05, 0) is 43.2 Å². The average Bonchev–Trinajstić information content (AvgIpc) is 2.47. The van der Waals surface area contributed by atoms with Gasteiger partial charge in [0.1, 0.15) is 5.82 Å². The lowest BCUT2D eigenvalue weighted by Crippen LogP contribution is -2.42. The summed E-state index contributed by atoms with van der Waals surface area (Å²) in [5.41, 5.74) is 4.27. The number of carbonyl (C=O) groups excluding carboxylic acids is 1. The smallest absolute Gasteiger partial charge is 0.257 e. The van der Waals surface area contributed by atoms with Crippen molar-refractivity contribution in [1.82, 2.24) is 10.3 Å². The molecular weight excluding hydrogens is 319 g/mol. The van der Waals surface area contributed by atoms with Crippen LogP contribution in [-0.4, -0.2) is 14.3 Å². The molecule has 5 nitrogen and oxygen atoms in total. The number of amides is 1. The molecule has 0 radical (unpaired) electrons. The summed E-state index contributed by atoms with van der Waals surface area (Å²) in [6.45, 7) is 3.54. The summed E-state index contributed by atoms with van der Waals surface area (Å²) in [6, 6.07) is 10.3. The van der Waals surface area contributed by atoms with E-state index in [2.05, 4.69) is 10.3 Å². The monoisotopic (exact) mass is 336 g/mol. The molecule has 0 aliphatic heterocycles. The molecule has 2 rings (SSSR count). The summed E-state index contributed by atoms with van der Waals surface area (Å²) < 4.78 is 37.2. The molecule has 0 fully saturated rings. The van der Waals surface area contributed by atoms with Crippen LogP contribution in [0.25, 0.3) is 0 Å². The molecule has 0 aliphatic rings. The van der Waals surface area contributed by atoms with E-state index >= 15 is 0 Å². The highest BCUT2D eigenvalue weighted by Gasteiger charge is 2.17. The number of halogens is 1. The van der Waals surface area contributed by atoms with E-state index in [0.717, 1.165) is 5.56 Å². The van der Waals surface area contributed by atoms with E-state index in [1.54, 1.807) is 19.1 Å². The minimum absolute atomic E-state index is 0.0598. The summed E-state index contributed by atoms with van der Waals surface area (Å²) in [4.78, 5) is 14.0. The van der Waals surface area contributed by atoms with E-state index in [9.17, 15) is 17.6 Å². The molecular formula is C16H17FN2O3S. The molecule has 0 spiro atoms. The standard InChI is InChI=1S/C16H17FN2O3S/c1-11-3-8-15(12(2)9-11)23(21,22)19-18-16(20)10-13-4-6-14(17)7-5-13/h3-9,19H,10H2,1-2H3,(H,18,20). The van der Waals surface area contributed by atoms with Crippen molar-refractivity contribution in [2.45, 2.75) is 25.2 Å². The van der Waals surface area contributed by atoms with Gasteiger partial charge in [-0.1, -0.05) is 29.8 Å². The van der Waals surface area contributed by atoms with Crippen LogP contribution in [0, 0.1) is 19.7 Å². The summed E-state index contributed by atoms with van der Waals surface area (Å²) in [7, 11) is -3.84. The Bertz CT molecular complexity index is 818. The van der Waals surface area contributed by atoms with E-state index in [-0.39, 0.29) is 11.3 Å². The Morgan fingerprint density at radius 2 is 1.74 bits per heavy atom. The molecule has 0 atom stereocenters. The topological polar surface area (TPSA) is 75.3 Å².